The number of nitrogens with zero attached hydrogens (tertiary/aromatic N) is 2. The maximum absolute atomic E-state index is 5.71. The fraction of sp³-hybridized carbons (Fsp3) is 0.818. The zero-order valence-electron chi connectivity index (χ0n) is 9.74. The molecule has 1 aliphatic heterocycles. The van der Waals surface area contributed by atoms with E-state index in [0.717, 1.165) is 36.6 Å². The van der Waals surface area contributed by atoms with Gasteiger partial charge >= 0.3 is 0 Å². The lowest BCUT2D eigenvalue weighted by Gasteiger charge is -2.22. The van der Waals surface area contributed by atoms with Gasteiger partial charge in [0, 0.05) is 19.6 Å². The molecule has 2 heterocycles. The van der Waals surface area contributed by atoms with E-state index in [9.17, 15) is 0 Å². The van der Waals surface area contributed by atoms with E-state index in [-0.39, 0.29) is 0 Å². The van der Waals surface area contributed by atoms with Gasteiger partial charge in [0.25, 0.3) is 0 Å². The number of hydrogen-bond acceptors (Lipinski definition) is 3. The summed E-state index contributed by atoms with van der Waals surface area (Å²) >= 11 is 5.21. The zero-order valence-corrected chi connectivity index (χ0v) is 10.6. The molecule has 1 fully saturated rings. The van der Waals surface area contributed by atoms with Gasteiger partial charge in [-0.15, -0.1) is 0 Å². The second kappa shape index (κ2) is 5.59. The Kier molecular flexibility index (Phi) is 4.12. The number of H-pyrrole nitrogens is 1. The molecule has 0 bridgehead atoms. The molecule has 1 aliphatic rings. The van der Waals surface area contributed by atoms with Crippen molar-refractivity contribution >= 4 is 12.2 Å². The van der Waals surface area contributed by atoms with Crippen molar-refractivity contribution in [1.29, 1.82) is 0 Å². The summed E-state index contributed by atoms with van der Waals surface area (Å²) in [7, 11) is 0. The predicted octanol–water partition coefficient (Wildman–Crippen LogP) is 2.46. The van der Waals surface area contributed by atoms with E-state index in [1.807, 2.05) is 0 Å². The molecule has 16 heavy (non-hydrogen) atoms. The van der Waals surface area contributed by atoms with Crippen molar-refractivity contribution in [3.63, 3.8) is 0 Å². The summed E-state index contributed by atoms with van der Waals surface area (Å²) in [6, 6.07) is 0. The highest BCUT2D eigenvalue weighted by Crippen LogP contribution is 2.16. The maximum atomic E-state index is 5.71. The molecular formula is C11H19N3OS. The fourth-order valence-corrected chi connectivity index (χ4v) is 2.40. The number of aryl methyl sites for hydroxylation is 1. The van der Waals surface area contributed by atoms with Crippen LogP contribution in [0, 0.1) is 4.77 Å². The van der Waals surface area contributed by atoms with Crippen LogP contribution in [0.4, 0.5) is 0 Å². The molecule has 90 valence electrons. The molecule has 0 amide bonds. The Bertz CT molecular complexity index is 379. The van der Waals surface area contributed by atoms with Gasteiger partial charge in [0.1, 0.15) is 5.82 Å². The van der Waals surface area contributed by atoms with E-state index in [2.05, 4.69) is 21.7 Å². The second-order valence-corrected chi connectivity index (χ2v) is 4.61. The molecule has 0 radical (unpaired) electrons. The highest BCUT2D eigenvalue weighted by atomic mass is 32.1. The quantitative estimate of drug-likeness (QED) is 0.823. The zero-order chi connectivity index (χ0) is 11.4. The third-order valence-corrected chi connectivity index (χ3v) is 3.41. The van der Waals surface area contributed by atoms with Gasteiger partial charge in [-0.1, -0.05) is 6.92 Å². The molecule has 2 rings (SSSR count). The van der Waals surface area contributed by atoms with Crippen LogP contribution < -0.4 is 0 Å². The Morgan fingerprint density at radius 2 is 2.44 bits per heavy atom. The highest BCUT2D eigenvalue weighted by molar-refractivity contribution is 7.71. The first-order chi connectivity index (χ1) is 7.81. The standard InChI is InChI=1S/C11H19N3OS/c1-2-10-12-13-11(16)14(10)7-6-9-5-3-4-8-15-9/h9H,2-8H2,1H3,(H,13,16). The minimum absolute atomic E-state index is 0.412. The molecular weight excluding hydrogens is 222 g/mol. The van der Waals surface area contributed by atoms with Gasteiger partial charge in [-0.05, 0) is 37.9 Å². The molecule has 4 nitrogen and oxygen atoms in total. The molecule has 0 saturated carbocycles. The lowest BCUT2D eigenvalue weighted by atomic mass is 10.1. The Hall–Kier alpha value is -0.680. The van der Waals surface area contributed by atoms with Crippen LogP contribution in [0.15, 0.2) is 0 Å². The van der Waals surface area contributed by atoms with Gasteiger partial charge in [-0.25, -0.2) is 0 Å². The number of aromatic nitrogens is 3. The molecule has 1 N–H and O–H groups in total. The van der Waals surface area contributed by atoms with Crippen LogP contribution in [0.5, 0.6) is 0 Å². The van der Waals surface area contributed by atoms with Crippen molar-refractivity contribution in [1.82, 2.24) is 14.8 Å². The highest BCUT2D eigenvalue weighted by Gasteiger charge is 2.14. The molecule has 0 spiro atoms. The summed E-state index contributed by atoms with van der Waals surface area (Å²) in [6.07, 6.45) is 6.06. The van der Waals surface area contributed by atoms with Gasteiger partial charge in [-0.2, -0.15) is 5.10 Å². The van der Waals surface area contributed by atoms with Gasteiger partial charge in [0.2, 0.25) is 0 Å². The molecule has 0 aliphatic carbocycles. The topological polar surface area (TPSA) is 42.8 Å². The molecule has 1 saturated heterocycles. The van der Waals surface area contributed by atoms with Gasteiger partial charge in [0.15, 0.2) is 4.77 Å². The summed E-state index contributed by atoms with van der Waals surface area (Å²) in [6.45, 7) is 3.93. The lowest BCUT2D eigenvalue weighted by molar-refractivity contribution is 0.00864. The first-order valence-electron chi connectivity index (χ1n) is 6.07. The first kappa shape index (κ1) is 11.8. The van der Waals surface area contributed by atoms with E-state index in [1.165, 1.54) is 19.3 Å². The second-order valence-electron chi connectivity index (χ2n) is 4.23. The normalized spacial score (nSPS) is 21.2. The van der Waals surface area contributed by atoms with E-state index >= 15 is 0 Å². The first-order valence-corrected chi connectivity index (χ1v) is 6.47. The minimum Gasteiger partial charge on any atom is -0.378 e. The molecule has 1 unspecified atom stereocenters. The van der Waals surface area contributed by atoms with Crippen molar-refractivity contribution in [2.75, 3.05) is 6.61 Å². The van der Waals surface area contributed by atoms with Crippen LogP contribution in [-0.2, 0) is 17.7 Å². The molecule has 1 aromatic heterocycles. The lowest BCUT2D eigenvalue weighted by Crippen LogP contribution is -2.21. The average Bonchev–Trinajstić information content (AvgIpc) is 2.69. The Labute approximate surface area is 101 Å². The van der Waals surface area contributed by atoms with Gasteiger partial charge < -0.3 is 9.30 Å². The van der Waals surface area contributed by atoms with E-state index in [4.69, 9.17) is 17.0 Å². The Morgan fingerprint density at radius 1 is 1.56 bits per heavy atom. The number of ether oxygens (including phenoxy) is 1. The monoisotopic (exact) mass is 241 g/mol. The average molecular weight is 241 g/mol. The molecule has 1 aromatic rings. The smallest absolute Gasteiger partial charge is 0.195 e. The van der Waals surface area contributed by atoms with Crippen LogP contribution in [0.2, 0.25) is 0 Å². The summed E-state index contributed by atoms with van der Waals surface area (Å²) < 4.78 is 8.53. The van der Waals surface area contributed by atoms with Crippen molar-refractivity contribution in [2.24, 2.45) is 0 Å². The Morgan fingerprint density at radius 3 is 3.12 bits per heavy atom. The van der Waals surface area contributed by atoms with E-state index < -0.39 is 0 Å². The predicted molar refractivity (Wildman–Crippen MR) is 65.0 cm³/mol. The summed E-state index contributed by atoms with van der Waals surface area (Å²) in [4.78, 5) is 0. The van der Waals surface area contributed by atoms with Crippen LogP contribution in [-0.4, -0.2) is 27.5 Å². The van der Waals surface area contributed by atoms with Gasteiger partial charge in [0.05, 0.1) is 6.10 Å². The minimum atomic E-state index is 0.412. The largest absolute Gasteiger partial charge is 0.378 e. The maximum Gasteiger partial charge on any atom is 0.195 e. The number of hydrogen-bond donors (Lipinski definition) is 1. The van der Waals surface area contributed by atoms with E-state index in [1.54, 1.807) is 0 Å². The van der Waals surface area contributed by atoms with Gasteiger partial charge in [-0.3, -0.25) is 5.10 Å². The number of aromatic amines is 1. The third kappa shape index (κ3) is 2.71. The molecule has 1 atom stereocenters. The summed E-state index contributed by atoms with van der Waals surface area (Å²) in [5, 5.41) is 7.05. The van der Waals surface area contributed by atoms with E-state index in [0.29, 0.717) is 6.10 Å². The van der Waals surface area contributed by atoms with Crippen LogP contribution >= 0.6 is 12.2 Å². The van der Waals surface area contributed by atoms with Crippen LogP contribution in [0.3, 0.4) is 0 Å². The fourth-order valence-electron chi connectivity index (χ4n) is 2.16. The third-order valence-electron chi connectivity index (χ3n) is 3.10. The number of nitrogens with one attached hydrogen (secondary N) is 1. The van der Waals surface area contributed by atoms with Crippen molar-refractivity contribution in [3.8, 4) is 0 Å². The molecule has 5 heteroatoms. The van der Waals surface area contributed by atoms with Crippen molar-refractivity contribution in [3.05, 3.63) is 10.6 Å². The number of rotatable bonds is 4. The van der Waals surface area contributed by atoms with Crippen molar-refractivity contribution < 1.29 is 4.74 Å². The summed E-state index contributed by atoms with van der Waals surface area (Å²) in [5.41, 5.74) is 0. The van der Waals surface area contributed by atoms with Crippen LogP contribution in [0.25, 0.3) is 0 Å². The SMILES string of the molecule is CCc1n[nH]c(=S)n1CCC1CCCCO1. The molecule has 0 aromatic carbocycles. The van der Waals surface area contributed by atoms with Crippen LogP contribution in [0.1, 0.15) is 38.4 Å². The Balaban J connectivity index is 1.93. The summed E-state index contributed by atoms with van der Waals surface area (Å²) in [5.74, 6) is 1.04. The van der Waals surface area contributed by atoms with Crippen molar-refractivity contribution in [2.45, 2.75) is 51.7 Å².